The lowest BCUT2D eigenvalue weighted by Gasteiger charge is -2.35. The third-order valence-corrected chi connectivity index (χ3v) is 5.94. The molecular formula is C17H29N2O3P. The normalized spacial score (nSPS) is 22.2. The fourth-order valence-electron chi connectivity index (χ4n) is 3.03. The van der Waals surface area contributed by atoms with Crippen LogP contribution in [-0.2, 0) is 20.2 Å². The maximum atomic E-state index is 12.7. The molecular weight excluding hydrogens is 311 g/mol. The van der Waals surface area contributed by atoms with Gasteiger partial charge in [0.25, 0.3) is 0 Å². The SMILES string of the molecule is CCOP(=O)(N[C@H]1CCCC[C@@H]1NCc1ccccc1)OCC. The van der Waals surface area contributed by atoms with Gasteiger partial charge >= 0.3 is 7.75 Å². The summed E-state index contributed by atoms with van der Waals surface area (Å²) >= 11 is 0. The summed E-state index contributed by atoms with van der Waals surface area (Å²) in [6.45, 7) is 5.23. The van der Waals surface area contributed by atoms with E-state index in [1.165, 1.54) is 12.0 Å². The Balaban J connectivity index is 1.95. The predicted molar refractivity (Wildman–Crippen MR) is 93.3 cm³/mol. The van der Waals surface area contributed by atoms with Crippen molar-refractivity contribution in [2.45, 2.75) is 58.2 Å². The van der Waals surface area contributed by atoms with Crippen LogP contribution in [0.15, 0.2) is 30.3 Å². The molecule has 0 aliphatic heterocycles. The van der Waals surface area contributed by atoms with Gasteiger partial charge in [0.05, 0.1) is 13.2 Å². The largest absolute Gasteiger partial charge is 0.405 e. The first kappa shape index (κ1) is 18.6. The molecule has 0 radical (unpaired) electrons. The number of nitrogens with one attached hydrogen (secondary N) is 2. The minimum absolute atomic E-state index is 0.108. The number of hydrogen-bond acceptors (Lipinski definition) is 4. The molecule has 0 aromatic heterocycles. The van der Waals surface area contributed by atoms with Crippen molar-refractivity contribution in [3.8, 4) is 0 Å². The summed E-state index contributed by atoms with van der Waals surface area (Å²) < 4.78 is 23.5. The highest BCUT2D eigenvalue weighted by molar-refractivity contribution is 7.51. The Morgan fingerprint density at radius 2 is 1.65 bits per heavy atom. The molecule has 2 atom stereocenters. The van der Waals surface area contributed by atoms with Gasteiger partial charge in [0.1, 0.15) is 0 Å². The molecule has 2 N–H and O–H groups in total. The lowest BCUT2D eigenvalue weighted by atomic mass is 9.91. The van der Waals surface area contributed by atoms with Crippen LogP contribution in [0.2, 0.25) is 0 Å². The zero-order valence-corrected chi connectivity index (χ0v) is 15.1. The van der Waals surface area contributed by atoms with Crippen LogP contribution in [0, 0.1) is 0 Å². The third kappa shape index (κ3) is 6.02. The van der Waals surface area contributed by atoms with E-state index >= 15 is 0 Å². The van der Waals surface area contributed by atoms with Crippen molar-refractivity contribution in [3.63, 3.8) is 0 Å². The molecule has 1 aromatic rings. The molecule has 0 bridgehead atoms. The van der Waals surface area contributed by atoms with Gasteiger partial charge in [-0.25, -0.2) is 9.65 Å². The molecule has 0 spiro atoms. The molecule has 5 nitrogen and oxygen atoms in total. The standard InChI is InChI=1S/C17H29N2O3P/c1-3-21-23(20,22-4-2)19-17-13-9-8-12-16(17)18-14-15-10-6-5-7-11-15/h5-7,10-11,16-18H,3-4,8-9,12-14H2,1-2H3,(H,19,20)/t16-,17-/m0/s1. The van der Waals surface area contributed by atoms with Gasteiger partial charge in [-0.05, 0) is 32.3 Å². The van der Waals surface area contributed by atoms with Crippen LogP contribution in [-0.4, -0.2) is 25.3 Å². The summed E-state index contributed by atoms with van der Waals surface area (Å²) in [5.41, 5.74) is 1.26. The monoisotopic (exact) mass is 340 g/mol. The van der Waals surface area contributed by atoms with Crippen molar-refractivity contribution >= 4 is 7.75 Å². The van der Waals surface area contributed by atoms with Crippen molar-refractivity contribution in [1.82, 2.24) is 10.4 Å². The zero-order valence-electron chi connectivity index (χ0n) is 14.2. The summed E-state index contributed by atoms with van der Waals surface area (Å²) in [6, 6.07) is 10.7. The Labute approximate surface area is 139 Å². The van der Waals surface area contributed by atoms with E-state index < -0.39 is 7.75 Å². The van der Waals surface area contributed by atoms with Crippen molar-refractivity contribution in [1.29, 1.82) is 0 Å². The zero-order chi connectivity index (χ0) is 16.5. The highest BCUT2D eigenvalue weighted by atomic mass is 31.2. The van der Waals surface area contributed by atoms with Gasteiger partial charge in [0.2, 0.25) is 0 Å². The summed E-state index contributed by atoms with van der Waals surface area (Å²) in [5, 5.41) is 6.77. The molecule has 1 aromatic carbocycles. The molecule has 0 amide bonds. The minimum Gasteiger partial charge on any atom is -0.308 e. The molecule has 2 rings (SSSR count). The number of benzene rings is 1. The molecule has 130 valence electrons. The van der Waals surface area contributed by atoms with Gasteiger partial charge in [-0.1, -0.05) is 43.2 Å². The Bertz CT molecular complexity index is 488. The van der Waals surface area contributed by atoms with Gasteiger partial charge < -0.3 is 5.32 Å². The summed E-state index contributed by atoms with van der Waals surface area (Å²) in [7, 11) is -3.21. The minimum atomic E-state index is -3.21. The highest BCUT2D eigenvalue weighted by Gasteiger charge is 2.33. The van der Waals surface area contributed by atoms with E-state index in [0.29, 0.717) is 13.2 Å². The quantitative estimate of drug-likeness (QED) is 0.669. The first-order chi connectivity index (χ1) is 11.2. The molecule has 0 heterocycles. The first-order valence-electron chi connectivity index (χ1n) is 8.61. The molecule has 1 aliphatic carbocycles. The Kier molecular flexibility index (Phi) is 7.74. The van der Waals surface area contributed by atoms with Crippen LogP contribution in [0.5, 0.6) is 0 Å². The molecule has 1 aliphatic rings. The second kappa shape index (κ2) is 9.55. The fourth-order valence-corrected chi connectivity index (χ4v) is 4.65. The van der Waals surface area contributed by atoms with Crippen LogP contribution in [0.4, 0.5) is 0 Å². The average Bonchev–Trinajstić information content (AvgIpc) is 2.55. The van der Waals surface area contributed by atoms with E-state index in [1.54, 1.807) is 0 Å². The van der Waals surface area contributed by atoms with Crippen LogP contribution in [0.25, 0.3) is 0 Å². The van der Waals surface area contributed by atoms with Crippen LogP contribution >= 0.6 is 7.75 Å². The van der Waals surface area contributed by atoms with Crippen molar-refractivity contribution < 1.29 is 13.6 Å². The predicted octanol–water partition coefficient (Wildman–Crippen LogP) is 3.86. The van der Waals surface area contributed by atoms with Crippen LogP contribution in [0.3, 0.4) is 0 Å². The Morgan fingerprint density at radius 1 is 1.04 bits per heavy atom. The highest BCUT2D eigenvalue weighted by Crippen LogP contribution is 2.45. The molecule has 0 saturated heterocycles. The van der Waals surface area contributed by atoms with E-state index in [1.807, 2.05) is 32.0 Å². The smallest absolute Gasteiger partial charge is 0.308 e. The van der Waals surface area contributed by atoms with Crippen LogP contribution in [0.1, 0.15) is 45.1 Å². The molecule has 6 heteroatoms. The second-order valence-electron chi connectivity index (χ2n) is 5.83. The molecule has 1 saturated carbocycles. The lowest BCUT2D eigenvalue weighted by molar-refractivity contribution is 0.195. The topological polar surface area (TPSA) is 59.6 Å². The maximum absolute atomic E-state index is 12.7. The van der Waals surface area contributed by atoms with Gasteiger partial charge in [-0.15, -0.1) is 0 Å². The van der Waals surface area contributed by atoms with Gasteiger partial charge in [-0.2, -0.15) is 0 Å². The summed E-state index contributed by atoms with van der Waals surface area (Å²) in [5.74, 6) is 0. The van der Waals surface area contributed by atoms with Gasteiger partial charge in [-0.3, -0.25) is 9.05 Å². The van der Waals surface area contributed by atoms with Gasteiger partial charge in [0.15, 0.2) is 0 Å². The summed E-state index contributed by atoms with van der Waals surface area (Å²) in [4.78, 5) is 0. The van der Waals surface area contributed by atoms with Crippen molar-refractivity contribution in [2.75, 3.05) is 13.2 Å². The van der Waals surface area contributed by atoms with Gasteiger partial charge in [0, 0.05) is 18.6 Å². The molecule has 1 fully saturated rings. The van der Waals surface area contributed by atoms with E-state index in [0.717, 1.165) is 25.8 Å². The second-order valence-corrected chi connectivity index (χ2v) is 7.60. The number of hydrogen-bond donors (Lipinski definition) is 2. The van der Waals surface area contributed by atoms with E-state index in [9.17, 15) is 4.57 Å². The van der Waals surface area contributed by atoms with E-state index in [4.69, 9.17) is 9.05 Å². The lowest BCUT2D eigenvalue weighted by Crippen LogP contribution is -2.48. The van der Waals surface area contributed by atoms with E-state index in [-0.39, 0.29) is 12.1 Å². The molecule has 0 unspecified atom stereocenters. The Hall–Kier alpha value is -0.710. The van der Waals surface area contributed by atoms with Crippen molar-refractivity contribution in [2.24, 2.45) is 0 Å². The Morgan fingerprint density at radius 3 is 2.26 bits per heavy atom. The van der Waals surface area contributed by atoms with Crippen LogP contribution < -0.4 is 10.4 Å². The van der Waals surface area contributed by atoms with E-state index in [2.05, 4.69) is 22.5 Å². The number of rotatable bonds is 9. The summed E-state index contributed by atoms with van der Waals surface area (Å²) in [6.07, 6.45) is 4.39. The maximum Gasteiger partial charge on any atom is 0.405 e. The van der Waals surface area contributed by atoms with Crippen molar-refractivity contribution in [3.05, 3.63) is 35.9 Å². The molecule has 23 heavy (non-hydrogen) atoms. The fraction of sp³-hybridized carbons (Fsp3) is 0.647. The first-order valence-corrected chi connectivity index (χ1v) is 10.2. The third-order valence-electron chi connectivity index (χ3n) is 4.10. The average molecular weight is 340 g/mol.